The van der Waals surface area contributed by atoms with Gasteiger partial charge in [0.25, 0.3) is 11.5 Å². The summed E-state index contributed by atoms with van der Waals surface area (Å²) in [6.07, 6.45) is 3.32. The number of amides is 1. The van der Waals surface area contributed by atoms with Crippen LogP contribution in [0.3, 0.4) is 0 Å². The van der Waals surface area contributed by atoms with Crippen LogP contribution in [0.4, 0.5) is 0 Å². The van der Waals surface area contributed by atoms with E-state index in [1.807, 2.05) is 35.7 Å². The number of fused-ring (bicyclic) bond motifs is 1. The van der Waals surface area contributed by atoms with Crippen molar-refractivity contribution < 1.29 is 9.53 Å². The van der Waals surface area contributed by atoms with E-state index in [9.17, 15) is 9.59 Å². The molecule has 1 aromatic carbocycles. The molecule has 2 aromatic heterocycles. The molecule has 0 aliphatic carbocycles. The average molecular weight is 355 g/mol. The third kappa shape index (κ3) is 3.08. The molecule has 7 heteroatoms. The quantitative estimate of drug-likeness (QED) is 0.780. The van der Waals surface area contributed by atoms with Crippen molar-refractivity contribution in [2.45, 2.75) is 18.9 Å². The van der Waals surface area contributed by atoms with Gasteiger partial charge in [-0.15, -0.1) is 11.3 Å². The molecule has 6 nitrogen and oxygen atoms in total. The van der Waals surface area contributed by atoms with E-state index < -0.39 is 5.91 Å². The molecule has 1 aliphatic heterocycles. The fourth-order valence-corrected chi connectivity index (χ4v) is 3.82. The van der Waals surface area contributed by atoms with Gasteiger partial charge in [0.15, 0.2) is 4.96 Å². The fraction of sp³-hybridized carbons (Fsp3) is 0.278. The molecular weight excluding hydrogens is 338 g/mol. The lowest BCUT2D eigenvalue weighted by Gasteiger charge is -2.10. The minimum atomic E-state index is -0.410. The molecule has 25 heavy (non-hydrogen) atoms. The molecule has 1 saturated heterocycles. The number of ether oxygens (including phenoxy) is 1. The van der Waals surface area contributed by atoms with Crippen molar-refractivity contribution in [3.8, 4) is 11.3 Å². The Morgan fingerprint density at radius 2 is 2.20 bits per heavy atom. The van der Waals surface area contributed by atoms with Crippen molar-refractivity contribution in [2.75, 3.05) is 13.2 Å². The van der Waals surface area contributed by atoms with E-state index in [4.69, 9.17) is 4.74 Å². The Hall–Kier alpha value is -2.51. The topological polar surface area (TPSA) is 72.7 Å². The number of nitrogens with zero attached hydrogens (tertiary/aromatic N) is 2. The van der Waals surface area contributed by atoms with Crippen molar-refractivity contribution >= 4 is 22.2 Å². The minimum absolute atomic E-state index is 0.0319. The first-order valence-electron chi connectivity index (χ1n) is 8.18. The highest BCUT2D eigenvalue weighted by Crippen LogP contribution is 2.23. The summed E-state index contributed by atoms with van der Waals surface area (Å²) < 4.78 is 6.99. The predicted octanol–water partition coefficient (Wildman–Crippen LogP) is 2.33. The molecule has 0 unspecified atom stereocenters. The summed E-state index contributed by atoms with van der Waals surface area (Å²) in [4.78, 5) is 30.1. The maximum absolute atomic E-state index is 12.9. The molecule has 3 heterocycles. The summed E-state index contributed by atoms with van der Waals surface area (Å²) in [5, 5.41) is 4.67. The van der Waals surface area contributed by atoms with Crippen molar-refractivity contribution in [1.82, 2.24) is 14.7 Å². The number of aromatic nitrogens is 2. The molecule has 0 saturated carbocycles. The predicted molar refractivity (Wildman–Crippen MR) is 96.1 cm³/mol. The first-order chi connectivity index (χ1) is 12.2. The van der Waals surface area contributed by atoms with Gasteiger partial charge in [0.1, 0.15) is 5.56 Å². The largest absolute Gasteiger partial charge is 0.376 e. The number of rotatable bonds is 4. The molecular formula is C18H17N3O3S. The summed E-state index contributed by atoms with van der Waals surface area (Å²) in [6, 6.07) is 9.60. The van der Waals surface area contributed by atoms with Gasteiger partial charge in [0, 0.05) is 24.7 Å². The third-order valence-corrected chi connectivity index (χ3v) is 5.11. The Morgan fingerprint density at radius 1 is 1.36 bits per heavy atom. The Labute approximate surface area is 148 Å². The molecule has 1 N–H and O–H groups in total. The summed E-state index contributed by atoms with van der Waals surface area (Å²) in [5.74, 6) is -0.410. The van der Waals surface area contributed by atoms with Gasteiger partial charge in [-0.1, -0.05) is 30.3 Å². The fourth-order valence-electron chi connectivity index (χ4n) is 2.97. The van der Waals surface area contributed by atoms with Crippen LogP contribution in [0.1, 0.15) is 23.2 Å². The van der Waals surface area contributed by atoms with Crippen LogP contribution in [0, 0.1) is 0 Å². The van der Waals surface area contributed by atoms with E-state index >= 15 is 0 Å². The van der Waals surface area contributed by atoms with Crippen molar-refractivity contribution in [2.24, 2.45) is 0 Å². The van der Waals surface area contributed by atoms with Crippen LogP contribution in [0.5, 0.6) is 0 Å². The minimum Gasteiger partial charge on any atom is -0.376 e. The lowest BCUT2D eigenvalue weighted by molar-refractivity contribution is 0.0856. The second kappa shape index (κ2) is 6.78. The standard InChI is InChI=1S/C18H17N3O3S/c22-16(19-9-13-7-4-8-24-13)14-10-20-18-21(17(14)23)15(11-25-18)12-5-2-1-3-6-12/h1-3,5-6,10-11,13H,4,7-9H2,(H,19,22)/t13-/m0/s1. The second-order valence-corrected chi connectivity index (χ2v) is 6.76. The molecule has 1 amide bonds. The Morgan fingerprint density at radius 3 is 2.96 bits per heavy atom. The van der Waals surface area contributed by atoms with Crippen LogP contribution in [0.15, 0.2) is 46.7 Å². The third-order valence-electron chi connectivity index (χ3n) is 4.27. The van der Waals surface area contributed by atoms with Gasteiger partial charge in [-0.2, -0.15) is 0 Å². The first kappa shape index (κ1) is 16.0. The van der Waals surface area contributed by atoms with Gasteiger partial charge in [-0.25, -0.2) is 4.98 Å². The Bertz CT molecular complexity index is 959. The van der Waals surface area contributed by atoms with E-state index in [0.29, 0.717) is 11.5 Å². The van der Waals surface area contributed by atoms with Crippen LogP contribution in [-0.2, 0) is 4.74 Å². The molecule has 128 valence electrons. The van der Waals surface area contributed by atoms with Gasteiger partial charge in [0.05, 0.1) is 11.8 Å². The van der Waals surface area contributed by atoms with Gasteiger partial charge >= 0.3 is 0 Å². The molecule has 0 radical (unpaired) electrons. The summed E-state index contributed by atoms with van der Waals surface area (Å²) in [7, 11) is 0. The van der Waals surface area contributed by atoms with Gasteiger partial charge in [-0.3, -0.25) is 14.0 Å². The number of carbonyl (C=O) groups excluding carboxylic acids is 1. The smallest absolute Gasteiger partial charge is 0.271 e. The molecule has 0 bridgehead atoms. The molecule has 3 aromatic rings. The van der Waals surface area contributed by atoms with Gasteiger partial charge < -0.3 is 10.1 Å². The van der Waals surface area contributed by atoms with Crippen LogP contribution >= 0.6 is 11.3 Å². The molecule has 0 spiro atoms. The Balaban J connectivity index is 1.67. The molecule has 1 aliphatic rings. The molecule has 1 atom stereocenters. The molecule has 4 rings (SSSR count). The zero-order chi connectivity index (χ0) is 17.2. The van der Waals surface area contributed by atoms with Gasteiger partial charge in [-0.05, 0) is 18.4 Å². The maximum Gasteiger partial charge on any atom is 0.271 e. The highest BCUT2D eigenvalue weighted by molar-refractivity contribution is 7.15. The monoisotopic (exact) mass is 355 g/mol. The highest BCUT2D eigenvalue weighted by atomic mass is 32.1. The van der Waals surface area contributed by atoms with Crippen LogP contribution in [0.2, 0.25) is 0 Å². The zero-order valence-electron chi connectivity index (χ0n) is 13.5. The van der Waals surface area contributed by atoms with E-state index in [1.165, 1.54) is 21.9 Å². The number of thiazole rings is 1. The lowest BCUT2D eigenvalue weighted by atomic mass is 10.2. The summed E-state index contributed by atoms with van der Waals surface area (Å²) in [6.45, 7) is 1.14. The number of hydrogen-bond donors (Lipinski definition) is 1. The van der Waals surface area contributed by atoms with Crippen LogP contribution in [0.25, 0.3) is 16.2 Å². The second-order valence-electron chi connectivity index (χ2n) is 5.93. The van der Waals surface area contributed by atoms with Crippen molar-refractivity contribution in [3.05, 3.63) is 57.8 Å². The SMILES string of the molecule is O=C(NC[C@@H]1CCCO1)c1cnc2scc(-c3ccccc3)n2c1=O. The Kier molecular flexibility index (Phi) is 4.33. The van der Waals surface area contributed by atoms with Crippen LogP contribution in [-0.4, -0.2) is 34.5 Å². The van der Waals surface area contributed by atoms with Crippen molar-refractivity contribution in [3.63, 3.8) is 0 Å². The van der Waals surface area contributed by atoms with Gasteiger partial charge in [0.2, 0.25) is 0 Å². The first-order valence-corrected chi connectivity index (χ1v) is 9.06. The maximum atomic E-state index is 12.9. The number of benzene rings is 1. The highest BCUT2D eigenvalue weighted by Gasteiger charge is 2.20. The number of carbonyl (C=O) groups is 1. The van der Waals surface area contributed by atoms with E-state index in [2.05, 4.69) is 10.3 Å². The number of hydrogen-bond acceptors (Lipinski definition) is 5. The summed E-state index contributed by atoms with van der Waals surface area (Å²) >= 11 is 1.38. The molecule has 1 fully saturated rings. The van der Waals surface area contributed by atoms with Crippen molar-refractivity contribution in [1.29, 1.82) is 0 Å². The summed E-state index contributed by atoms with van der Waals surface area (Å²) in [5.41, 5.74) is 1.35. The average Bonchev–Trinajstić information content (AvgIpc) is 3.31. The van der Waals surface area contributed by atoms with E-state index in [0.717, 1.165) is 30.7 Å². The normalized spacial score (nSPS) is 17.0. The van der Waals surface area contributed by atoms with E-state index in [-0.39, 0.29) is 17.2 Å². The lowest BCUT2D eigenvalue weighted by Crippen LogP contribution is -2.36. The van der Waals surface area contributed by atoms with Crippen LogP contribution < -0.4 is 10.9 Å². The van der Waals surface area contributed by atoms with E-state index in [1.54, 1.807) is 0 Å². The zero-order valence-corrected chi connectivity index (χ0v) is 14.3. The number of nitrogens with one attached hydrogen (secondary N) is 1.